The van der Waals surface area contributed by atoms with Gasteiger partial charge in [0.25, 0.3) is 0 Å². The highest BCUT2D eigenvalue weighted by Gasteiger charge is 2.30. The van der Waals surface area contributed by atoms with Gasteiger partial charge in [-0.25, -0.2) is 0 Å². The molecule has 1 aromatic rings. The Labute approximate surface area is 131 Å². The molecule has 0 aliphatic carbocycles. The van der Waals surface area contributed by atoms with Crippen LogP contribution in [0.4, 0.5) is 0 Å². The molecule has 0 radical (unpaired) electrons. The molecule has 2 heteroatoms. The van der Waals surface area contributed by atoms with Gasteiger partial charge in [0.05, 0.1) is 6.61 Å². The molecule has 0 bridgehead atoms. The molecule has 0 fully saturated rings. The second-order valence-electron chi connectivity index (χ2n) is 6.88. The number of rotatable bonds is 9. The van der Waals surface area contributed by atoms with Gasteiger partial charge < -0.3 is 5.11 Å². The van der Waals surface area contributed by atoms with E-state index in [-0.39, 0.29) is 12.0 Å². The van der Waals surface area contributed by atoms with Crippen LogP contribution in [0.15, 0.2) is 30.3 Å². The van der Waals surface area contributed by atoms with Crippen molar-refractivity contribution in [3.8, 4) is 0 Å². The van der Waals surface area contributed by atoms with Crippen molar-refractivity contribution in [1.29, 1.82) is 0 Å². The van der Waals surface area contributed by atoms with E-state index >= 15 is 0 Å². The van der Waals surface area contributed by atoms with E-state index < -0.39 is 0 Å². The summed E-state index contributed by atoms with van der Waals surface area (Å²) in [5.41, 5.74) is 1.03. The molecule has 0 aliphatic rings. The number of nitrogens with zero attached hydrogens (tertiary/aromatic N) is 1. The van der Waals surface area contributed by atoms with Crippen LogP contribution in [0.25, 0.3) is 0 Å². The topological polar surface area (TPSA) is 23.5 Å². The van der Waals surface area contributed by atoms with Crippen LogP contribution in [0, 0.1) is 5.92 Å². The molecular weight excluding hydrogens is 258 g/mol. The molecule has 1 atom stereocenters. The highest BCUT2D eigenvalue weighted by Crippen LogP contribution is 2.26. The first kappa shape index (κ1) is 18.2. The molecule has 0 heterocycles. The predicted molar refractivity (Wildman–Crippen MR) is 91.7 cm³/mol. The van der Waals surface area contributed by atoms with E-state index in [4.69, 9.17) is 0 Å². The van der Waals surface area contributed by atoms with Gasteiger partial charge >= 0.3 is 0 Å². The lowest BCUT2D eigenvalue weighted by Crippen LogP contribution is -2.47. The molecule has 0 spiro atoms. The highest BCUT2D eigenvalue weighted by atomic mass is 16.3. The molecule has 2 nitrogen and oxygen atoms in total. The summed E-state index contributed by atoms with van der Waals surface area (Å²) < 4.78 is 0. The number of hydrogen-bond acceptors (Lipinski definition) is 2. The second-order valence-corrected chi connectivity index (χ2v) is 6.88. The van der Waals surface area contributed by atoms with E-state index in [1.54, 1.807) is 0 Å². The third kappa shape index (κ3) is 5.12. The zero-order valence-corrected chi connectivity index (χ0v) is 14.5. The molecule has 0 saturated heterocycles. The smallest absolute Gasteiger partial charge is 0.0537 e. The molecule has 1 aromatic carbocycles. The Bertz CT molecular complexity index is 386. The van der Waals surface area contributed by atoms with Crippen molar-refractivity contribution in [2.24, 2.45) is 5.92 Å². The summed E-state index contributed by atoms with van der Waals surface area (Å²) in [5, 5.41) is 10.0. The summed E-state index contributed by atoms with van der Waals surface area (Å²) in [5.74, 6) is 0.643. The lowest BCUT2D eigenvalue weighted by Gasteiger charge is -2.39. The molecular formula is C19H33NO. The Balaban J connectivity index is 2.97. The minimum atomic E-state index is -0.196. The van der Waals surface area contributed by atoms with Gasteiger partial charge in [0.2, 0.25) is 0 Å². The van der Waals surface area contributed by atoms with Crippen LogP contribution >= 0.6 is 0 Å². The zero-order valence-electron chi connectivity index (χ0n) is 14.5. The van der Waals surface area contributed by atoms with Crippen molar-refractivity contribution in [2.45, 2.75) is 58.9 Å². The van der Waals surface area contributed by atoms with Crippen molar-refractivity contribution in [3.05, 3.63) is 35.9 Å². The van der Waals surface area contributed by atoms with Crippen molar-refractivity contribution >= 4 is 0 Å². The fraction of sp³-hybridized carbons (Fsp3) is 0.684. The standard InChI is InChI=1S/C19H33NO/c1-6-18(7-2)20(13-16(3)4)14-19(5,15-21)17-11-9-8-10-12-17/h8-12,16,18,21H,6-7,13-15H2,1-5H3. The molecule has 0 saturated carbocycles. The number of aliphatic hydroxyl groups excluding tert-OH is 1. The van der Waals surface area contributed by atoms with Crippen molar-refractivity contribution in [2.75, 3.05) is 19.7 Å². The van der Waals surface area contributed by atoms with Crippen LogP contribution in [-0.4, -0.2) is 35.7 Å². The van der Waals surface area contributed by atoms with Crippen molar-refractivity contribution in [3.63, 3.8) is 0 Å². The van der Waals surface area contributed by atoms with E-state index in [1.807, 2.05) is 6.07 Å². The Hall–Kier alpha value is -0.860. The van der Waals surface area contributed by atoms with Gasteiger partial charge in [0, 0.05) is 24.5 Å². The summed E-state index contributed by atoms with van der Waals surface area (Å²) in [6.45, 7) is 13.4. The monoisotopic (exact) mass is 291 g/mol. The van der Waals surface area contributed by atoms with Gasteiger partial charge in [-0.2, -0.15) is 0 Å². The Morgan fingerprint density at radius 2 is 1.67 bits per heavy atom. The first-order chi connectivity index (χ1) is 9.96. The molecule has 0 amide bonds. The Morgan fingerprint density at radius 1 is 1.10 bits per heavy atom. The molecule has 21 heavy (non-hydrogen) atoms. The van der Waals surface area contributed by atoms with Gasteiger partial charge in [-0.1, -0.05) is 65.0 Å². The molecule has 120 valence electrons. The minimum Gasteiger partial charge on any atom is -0.395 e. The third-order valence-electron chi connectivity index (χ3n) is 4.43. The SMILES string of the molecule is CCC(CC)N(CC(C)C)CC(C)(CO)c1ccccc1. The van der Waals surface area contributed by atoms with Gasteiger partial charge in [-0.05, 0) is 24.3 Å². The van der Waals surface area contributed by atoms with E-state index in [0.29, 0.717) is 12.0 Å². The second kappa shape index (κ2) is 8.55. The predicted octanol–water partition coefficient (Wildman–Crippen LogP) is 4.08. The average Bonchev–Trinajstić information content (AvgIpc) is 2.48. The van der Waals surface area contributed by atoms with E-state index in [9.17, 15) is 5.11 Å². The fourth-order valence-electron chi connectivity index (χ4n) is 3.14. The molecule has 0 aliphatic heterocycles. The number of aliphatic hydroxyl groups is 1. The van der Waals surface area contributed by atoms with Crippen LogP contribution in [0.5, 0.6) is 0 Å². The quantitative estimate of drug-likeness (QED) is 0.741. The van der Waals surface area contributed by atoms with Crippen molar-refractivity contribution in [1.82, 2.24) is 4.90 Å². The number of benzene rings is 1. The molecule has 1 unspecified atom stereocenters. The summed E-state index contributed by atoms with van der Waals surface area (Å²) in [4.78, 5) is 2.58. The van der Waals surface area contributed by atoms with Crippen LogP contribution in [0.3, 0.4) is 0 Å². The van der Waals surface area contributed by atoms with E-state index in [1.165, 1.54) is 18.4 Å². The van der Waals surface area contributed by atoms with Crippen molar-refractivity contribution < 1.29 is 5.11 Å². The maximum Gasteiger partial charge on any atom is 0.0537 e. The highest BCUT2D eigenvalue weighted by molar-refractivity contribution is 5.25. The number of hydrogen-bond donors (Lipinski definition) is 1. The molecule has 1 rings (SSSR count). The first-order valence-electron chi connectivity index (χ1n) is 8.37. The minimum absolute atomic E-state index is 0.186. The van der Waals surface area contributed by atoms with Crippen LogP contribution in [0.1, 0.15) is 53.0 Å². The average molecular weight is 291 g/mol. The maximum absolute atomic E-state index is 10.0. The van der Waals surface area contributed by atoms with E-state index in [2.05, 4.69) is 63.8 Å². The van der Waals surface area contributed by atoms with Gasteiger partial charge in [-0.3, -0.25) is 4.90 Å². The fourth-order valence-corrected chi connectivity index (χ4v) is 3.14. The van der Waals surface area contributed by atoms with E-state index in [0.717, 1.165) is 13.1 Å². The van der Waals surface area contributed by atoms with Gasteiger partial charge in [-0.15, -0.1) is 0 Å². The van der Waals surface area contributed by atoms with Crippen LogP contribution in [0.2, 0.25) is 0 Å². The normalized spacial score (nSPS) is 14.9. The summed E-state index contributed by atoms with van der Waals surface area (Å²) in [7, 11) is 0. The van der Waals surface area contributed by atoms with Gasteiger partial charge in [0.1, 0.15) is 0 Å². The summed E-state index contributed by atoms with van der Waals surface area (Å²) >= 11 is 0. The lowest BCUT2D eigenvalue weighted by atomic mass is 9.82. The summed E-state index contributed by atoms with van der Waals surface area (Å²) in [6.07, 6.45) is 2.33. The Kier molecular flexibility index (Phi) is 7.41. The maximum atomic E-state index is 10.0. The van der Waals surface area contributed by atoms with Crippen LogP contribution < -0.4 is 0 Å². The Morgan fingerprint density at radius 3 is 2.10 bits per heavy atom. The third-order valence-corrected chi connectivity index (χ3v) is 4.43. The largest absolute Gasteiger partial charge is 0.395 e. The first-order valence-corrected chi connectivity index (χ1v) is 8.37. The molecule has 1 N–H and O–H groups in total. The summed E-state index contributed by atoms with van der Waals surface area (Å²) in [6, 6.07) is 11.0. The zero-order chi connectivity index (χ0) is 15.9. The van der Waals surface area contributed by atoms with Gasteiger partial charge in [0.15, 0.2) is 0 Å². The van der Waals surface area contributed by atoms with Crippen LogP contribution in [-0.2, 0) is 5.41 Å². The molecule has 0 aromatic heterocycles. The lowest BCUT2D eigenvalue weighted by molar-refractivity contribution is 0.0982.